The highest BCUT2D eigenvalue weighted by atomic mass is 19.4. The van der Waals surface area contributed by atoms with E-state index >= 15 is 0 Å². The first-order valence-corrected chi connectivity index (χ1v) is 8.37. The highest BCUT2D eigenvalue weighted by Crippen LogP contribution is 2.25. The average molecular weight is 370 g/mol. The molecular weight excluding hydrogens is 349 g/mol. The highest BCUT2D eigenvalue weighted by Gasteiger charge is 2.31. The zero-order valence-electron chi connectivity index (χ0n) is 14.5. The zero-order valence-corrected chi connectivity index (χ0v) is 14.5. The molecule has 3 rings (SSSR count). The van der Waals surface area contributed by atoms with Crippen molar-refractivity contribution < 1.29 is 22.6 Å². The maximum Gasteiger partial charge on any atom is 0.573 e. The summed E-state index contributed by atoms with van der Waals surface area (Å²) in [7, 11) is 1.80. The Labute approximate surface area is 149 Å². The summed E-state index contributed by atoms with van der Waals surface area (Å²) >= 11 is 0. The van der Waals surface area contributed by atoms with Gasteiger partial charge in [-0.2, -0.15) is 4.98 Å². The summed E-state index contributed by atoms with van der Waals surface area (Å²) in [5, 5.41) is 6.40. The van der Waals surface area contributed by atoms with Gasteiger partial charge in [0.15, 0.2) is 0 Å². The molecule has 26 heavy (non-hydrogen) atoms. The predicted molar refractivity (Wildman–Crippen MR) is 90.2 cm³/mol. The topological polar surface area (TPSA) is 60.3 Å². The van der Waals surface area contributed by atoms with Crippen LogP contribution in [0.25, 0.3) is 0 Å². The molecule has 142 valence electrons. The zero-order chi connectivity index (χ0) is 18.7. The lowest BCUT2D eigenvalue weighted by Gasteiger charge is -2.32. The fraction of sp³-hybridized carbons (Fsp3) is 0.471. The standard InChI is InChI=1S/C17H21F3N4O2/c1-3-14-13(9-24-10-15(21-2)23-16(24)25-14)22-8-11-4-6-12(7-5-11)26-17(18,19)20/h4-7,10,13-14,21-22H,3,8-9H2,1-2H3. The number of anilines is 1. The quantitative estimate of drug-likeness (QED) is 0.818. The van der Waals surface area contributed by atoms with Gasteiger partial charge in [-0.15, -0.1) is 13.2 Å². The van der Waals surface area contributed by atoms with E-state index in [-0.39, 0.29) is 17.9 Å². The lowest BCUT2D eigenvalue weighted by Crippen LogP contribution is -2.48. The lowest BCUT2D eigenvalue weighted by molar-refractivity contribution is -0.274. The van der Waals surface area contributed by atoms with Gasteiger partial charge in [0.25, 0.3) is 6.01 Å². The Bertz CT molecular complexity index is 731. The number of alkyl halides is 3. The maximum atomic E-state index is 12.2. The Morgan fingerprint density at radius 2 is 2.04 bits per heavy atom. The van der Waals surface area contributed by atoms with Crippen molar-refractivity contribution in [3.05, 3.63) is 36.0 Å². The first-order valence-electron chi connectivity index (χ1n) is 8.37. The molecule has 2 atom stereocenters. The molecule has 1 aliphatic heterocycles. The van der Waals surface area contributed by atoms with Gasteiger partial charge in [0.05, 0.1) is 12.2 Å². The summed E-state index contributed by atoms with van der Waals surface area (Å²) in [6.45, 7) is 3.26. The van der Waals surface area contributed by atoms with E-state index in [9.17, 15) is 13.2 Å². The number of aromatic nitrogens is 2. The third-order valence-corrected chi connectivity index (χ3v) is 4.22. The summed E-state index contributed by atoms with van der Waals surface area (Å²) in [4.78, 5) is 4.36. The minimum absolute atomic E-state index is 0.0255. The molecule has 0 bridgehead atoms. The third-order valence-electron chi connectivity index (χ3n) is 4.22. The number of ether oxygens (including phenoxy) is 2. The molecule has 0 saturated heterocycles. The van der Waals surface area contributed by atoms with Gasteiger partial charge in [0, 0.05) is 20.1 Å². The molecule has 9 heteroatoms. The Morgan fingerprint density at radius 1 is 1.31 bits per heavy atom. The molecule has 2 aromatic rings. The molecule has 2 unspecified atom stereocenters. The molecule has 1 aliphatic rings. The molecule has 0 amide bonds. The van der Waals surface area contributed by atoms with Crippen molar-refractivity contribution in [2.45, 2.75) is 44.9 Å². The maximum absolute atomic E-state index is 12.2. The van der Waals surface area contributed by atoms with Crippen molar-refractivity contribution in [2.75, 3.05) is 12.4 Å². The molecule has 0 spiro atoms. The second-order valence-electron chi connectivity index (χ2n) is 6.05. The lowest BCUT2D eigenvalue weighted by atomic mass is 10.1. The molecule has 2 heterocycles. The highest BCUT2D eigenvalue weighted by molar-refractivity contribution is 5.34. The molecule has 6 nitrogen and oxygen atoms in total. The first kappa shape index (κ1) is 18.4. The van der Waals surface area contributed by atoms with Crippen LogP contribution in [0.2, 0.25) is 0 Å². The molecule has 1 aromatic heterocycles. The van der Waals surface area contributed by atoms with E-state index in [0.29, 0.717) is 19.1 Å². The summed E-state index contributed by atoms with van der Waals surface area (Å²) in [5.41, 5.74) is 0.863. The largest absolute Gasteiger partial charge is 0.573 e. The van der Waals surface area contributed by atoms with Crippen LogP contribution in [0.1, 0.15) is 18.9 Å². The molecular formula is C17H21F3N4O2. The van der Waals surface area contributed by atoms with Crippen molar-refractivity contribution >= 4 is 5.82 Å². The summed E-state index contributed by atoms with van der Waals surface area (Å²) in [6, 6.07) is 6.50. The number of halogens is 3. The van der Waals surface area contributed by atoms with E-state index in [0.717, 1.165) is 17.8 Å². The number of nitrogens with zero attached hydrogens (tertiary/aromatic N) is 2. The number of benzene rings is 1. The van der Waals surface area contributed by atoms with Crippen molar-refractivity contribution in [3.8, 4) is 11.8 Å². The van der Waals surface area contributed by atoms with Crippen LogP contribution in [0.5, 0.6) is 11.8 Å². The number of fused-ring (bicyclic) bond motifs is 1. The number of rotatable bonds is 6. The molecule has 0 fully saturated rings. The summed E-state index contributed by atoms with van der Waals surface area (Å²) < 4.78 is 48.4. The summed E-state index contributed by atoms with van der Waals surface area (Å²) in [6.07, 6.45) is -2.00. The second kappa shape index (κ2) is 7.45. The van der Waals surface area contributed by atoms with Gasteiger partial charge in [-0.3, -0.25) is 4.57 Å². The van der Waals surface area contributed by atoms with Crippen LogP contribution >= 0.6 is 0 Å². The van der Waals surface area contributed by atoms with Gasteiger partial charge in [-0.25, -0.2) is 0 Å². The van der Waals surface area contributed by atoms with E-state index in [1.54, 1.807) is 19.2 Å². The molecule has 0 aliphatic carbocycles. The number of nitrogens with one attached hydrogen (secondary N) is 2. The van der Waals surface area contributed by atoms with Crippen molar-refractivity contribution in [1.82, 2.24) is 14.9 Å². The van der Waals surface area contributed by atoms with E-state index in [2.05, 4.69) is 20.4 Å². The summed E-state index contributed by atoms with van der Waals surface area (Å²) in [5.74, 6) is 0.520. The molecule has 2 N–H and O–H groups in total. The van der Waals surface area contributed by atoms with E-state index < -0.39 is 6.36 Å². The number of hydrogen-bond donors (Lipinski definition) is 2. The first-order chi connectivity index (χ1) is 12.4. The van der Waals surface area contributed by atoms with E-state index in [1.807, 2.05) is 17.7 Å². The third kappa shape index (κ3) is 4.40. The Kier molecular flexibility index (Phi) is 5.26. The molecule has 0 radical (unpaired) electrons. The second-order valence-corrected chi connectivity index (χ2v) is 6.05. The fourth-order valence-corrected chi connectivity index (χ4v) is 2.91. The van der Waals surface area contributed by atoms with Gasteiger partial charge < -0.3 is 20.1 Å². The van der Waals surface area contributed by atoms with E-state index in [4.69, 9.17) is 4.74 Å². The van der Waals surface area contributed by atoms with Gasteiger partial charge >= 0.3 is 6.36 Å². The smallest absolute Gasteiger partial charge is 0.460 e. The minimum Gasteiger partial charge on any atom is -0.460 e. The van der Waals surface area contributed by atoms with Crippen LogP contribution in [0, 0.1) is 0 Å². The normalized spacial score (nSPS) is 19.6. The Balaban J connectivity index is 1.61. The minimum atomic E-state index is -4.68. The van der Waals surface area contributed by atoms with Crippen LogP contribution in [0.3, 0.4) is 0 Å². The number of hydrogen-bond acceptors (Lipinski definition) is 5. The van der Waals surface area contributed by atoms with Crippen molar-refractivity contribution in [3.63, 3.8) is 0 Å². The van der Waals surface area contributed by atoms with Gasteiger partial charge in [-0.1, -0.05) is 19.1 Å². The SMILES string of the molecule is CCC1Oc2nc(NC)cn2CC1NCc1ccc(OC(F)(F)F)cc1. The Morgan fingerprint density at radius 3 is 2.65 bits per heavy atom. The van der Waals surface area contributed by atoms with Crippen LogP contribution in [-0.2, 0) is 13.1 Å². The average Bonchev–Trinajstić information content (AvgIpc) is 3.01. The van der Waals surface area contributed by atoms with E-state index in [1.165, 1.54) is 12.1 Å². The van der Waals surface area contributed by atoms with Crippen LogP contribution < -0.4 is 20.1 Å². The number of imidazole rings is 1. The molecule has 0 saturated carbocycles. The van der Waals surface area contributed by atoms with Crippen LogP contribution in [0.4, 0.5) is 19.0 Å². The van der Waals surface area contributed by atoms with Crippen molar-refractivity contribution in [2.24, 2.45) is 0 Å². The monoisotopic (exact) mass is 370 g/mol. The van der Waals surface area contributed by atoms with Gasteiger partial charge in [0.2, 0.25) is 0 Å². The molecule has 1 aromatic carbocycles. The predicted octanol–water partition coefficient (Wildman–Crippen LogP) is 3.15. The van der Waals surface area contributed by atoms with Crippen molar-refractivity contribution in [1.29, 1.82) is 0 Å². The van der Waals surface area contributed by atoms with Crippen LogP contribution in [0.15, 0.2) is 30.5 Å². The van der Waals surface area contributed by atoms with Gasteiger partial charge in [0.1, 0.15) is 17.7 Å². The van der Waals surface area contributed by atoms with Gasteiger partial charge in [-0.05, 0) is 24.1 Å². The fourth-order valence-electron chi connectivity index (χ4n) is 2.91. The van der Waals surface area contributed by atoms with Crippen LogP contribution in [-0.4, -0.2) is 35.1 Å². The Hall–Kier alpha value is -2.42.